The lowest BCUT2D eigenvalue weighted by molar-refractivity contribution is -0.0978. The van der Waals surface area contributed by atoms with Gasteiger partial charge >= 0.3 is 0 Å². The van der Waals surface area contributed by atoms with E-state index in [1.807, 2.05) is 0 Å². The Balaban J connectivity index is 1.85. The van der Waals surface area contributed by atoms with E-state index in [-0.39, 0.29) is 10.5 Å². The molecule has 0 radical (unpaired) electrons. The first-order chi connectivity index (χ1) is 10.0. The van der Waals surface area contributed by atoms with Crippen molar-refractivity contribution >= 4 is 9.84 Å². The van der Waals surface area contributed by atoms with E-state index in [0.29, 0.717) is 19.4 Å². The van der Waals surface area contributed by atoms with Crippen LogP contribution >= 0.6 is 0 Å². The van der Waals surface area contributed by atoms with Crippen molar-refractivity contribution in [2.24, 2.45) is 0 Å². The van der Waals surface area contributed by atoms with Crippen LogP contribution in [0.15, 0.2) is 29.2 Å². The molecule has 1 aliphatic carbocycles. The molecular formula is C16H21FO3S. The Morgan fingerprint density at radius 3 is 2.67 bits per heavy atom. The normalized spacial score (nSPS) is 25.9. The minimum Gasteiger partial charge on any atom is -0.375 e. The van der Waals surface area contributed by atoms with Gasteiger partial charge in [-0.25, -0.2) is 12.8 Å². The van der Waals surface area contributed by atoms with Crippen LogP contribution in [0.5, 0.6) is 0 Å². The molecule has 1 spiro atoms. The van der Waals surface area contributed by atoms with Gasteiger partial charge in [-0.15, -0.1) is 0 Å². The summed E-state index contributed by atoms with van der Waals surface area (Å²) in [5.74, 6) is -0.504. The highest BCUT2D eigenvalue weighted by Gasteiger charge is 2.43. The molecule has 1 saturated heterocycles. The van der Waals surface area contributed by atoms with Crippen LogP contribution < -0.4 is 0 Å². The monoisotopic (exact) mass is 312 g/mol. The van der Waals surface area contributed by atoms with E-state index < -0.39 is 20.9 Å². The van der Waals surface area contributed by atoms with Crippen LogP contribution in [0.2, 0.25) is 0 Å². The van der Waals surface area contributed by atoms with Crippen LogP contribution in [0.1, 0.15) is 44.9 Å². The van der Waals surface area contributed by atoms with E-state index in [2.05, 4.69) is 0 Å². The van der Waals surface area contributed by atoms with Crippen molar-refractivity contribution in [1.29, 1.82) is 0 Å². The number of hydrogen-bond acceptors (Lipinski definition) is 3. The molecule has 1 atom stereocenters. The molecule has 1 aromatic carbocycles. The van der Waals surface area contributed by atoms with Gasteiger partial charge in [0, 0.05) is 6.61 Å². The van der Waals surface area contributed by atoms with Crippen molar-refractivity contribution in [3.05, 3.63) is 30.1 Å². The van der Waals surface area contributed by atoms with Crippen LogP contribution in [0.4, 0.5) is 4.39 Å². The smallest absolute Gasteiger partial charge is 0.181 e. The van der Waals surface area contributed by atoms with Gasteiger partial charge in [0.05, 0.1) is 15.7 Å². The lowest BCUT2D eigenvalue weighted by Gasteiger charge is -2.43. The Labute approximate surface area is 125 Å². The molecule has 1 unspecified atom stereocenters. The van der Waals surface area contributed by atoms with Gasteiger partial charge < -0.3 is 4.74 Å². The van der Waals surface area contributed by atoms with Crippen LogP contribution in [0.25, 0.3) is 0 Å². The fourth-order valence-corrected chi connectivity index (χ4v) is 5.49. The molecule has 2 fully saturated rings. The molecule has 3 nitrogen and oxygen atoms in total. The third kappa shape index (κ3) is 2.99. The van der Waals surface area contributed by atoms with Gasteiger partial charge in [0.25, 0.3) is 0 Å². The Bertz CT molecular complexity index is 600. The Hall–Kier alpha value is -0.940. The molecule has 0 aromatic heterocycles. The Morgan fingerprint density at radius 2 is 1.95 bits per heavy atom. The number of hydrogen-bond donors (Lipinski definition) is 0. The molecule has 0 N–H and O–H groups in total. The summed E-state index contributed by atoms with van der Waals surface area (Å²) in [6, 6.07) is 5.34. The molecule has 2 aliphatic rings. The third-order valence-electron chi connectivity index (χ3n) is 4.78. The lowest BCUT2D eigenvalue weighted by atomic mass is 9.80. The van der Waals surface area contributed by atoms with E-state index in [4.69, 9.17) is 4.74 Å². The number of sulfone groups is 1. The van der Waals surface area contributed by atoms with Crippen LogP contribution in [0, 0.1) is 5.82 Å². The van der Waals surface area contributed by atoms with Gasteiger partial charge in [0.15, 0.2) is 9.84 Å². The van der Waals surface area contributed by atoms with Crippen molar-refractivity contribution < 1.29 is 17.5 Å². The predicted octanol–water partition coefficient (Wildman–Crippen LogP) is 3.48. The Kier molecular flexibility index (Phi) is 4.06. The van der Waals surface area contributed by atoms with E-state index in [1.54, 1.807) is 0 Å². The second kappa shape index (κ2) is 5.69. The average Bonchev–Trinajstić information content (AvgIpc) is 2.48. The summed E-state index contributed by atoms with van der Waals surface area (Å²) in [6.45, 7) is 0.485. The molecule has 5 heteroatoms. The van der Waals surface area contributed by atoms with E-state index in [9.17, 15) is 12.8 Å². The predicted molar refractivity (Wildman–Crippen MR) is 78.4 cm³/mol. The molecule has 1 aliphatic heterocycles. The zero-order valence-corrected chi connectivity index (χ0v) is 12.9. The highest BCUT2D eigenvalue weighted by molar-refractivity contribution is 7.92. The maximum absolute atomic E-state index is 13.3. The molecule has 116 valence electrons. The maximum atomic E-state index is 13.3. The number of rotatable bonds is 2. The summed E-state index contributed by atoms with van der Waals surface area (Å²) in [5.41, 5.74) is -0.262. The second-order valence-electron chi connectivity index (χ2n) is 6.21. The number of benzene rings is 1. The van der Waals surface area contributed by atoms with Crippen LogP contribution in [-0.2, 0) is 14.6 Å². The topological polar surface area (TPSA) is 43.4 Å². The largest absolute Gasteiger partial charge is 0.375 e. The van der Waals surface area contributed by atoms with E-state index >= 15 is 0 Å². The van der Waals surface area contributed by atoms with Crippen LogP contribution in [0.3, 0.4) is 0 Å². The maximum Gasteiger partial charge on any atom is 0.181 e. The summed E-state index contributed by atoms with van der Waals surface area (Å²) < 4.78 is 44.8. The fourth-order valence-electron chi connectivity index (χ4n) is 3.63. The van der Waals surface area contributed by atoms with E-state index in [0.717, 1.165) is 31.7 Å². The molecule has 1 heterocycles. The van der Waals surface area contributed by atoms with Gasteiger partial charge in [0.1, 0.15) is 5.82 Å². The highest BCUT2D eigenvalue weighted by atomic mass is 32.2. The van der Waals surface area contributed by atoms with Crippen molar-refractivity contribution in [3.63, 3.8) is 0 Å². The van der Waals surface area contributed by atoms with Gasteiger partial charge in [-0.2, -0.15) is 0 Å². The molecule has 3 rings (SSSR count). The summed E-state index contributed by atoms with van der Waals surface area (Å²) in [4.78, 5) is 0.0976. The SMILES string of the molecule is O=S(=O)(c1cccc(F)c1)C1CCOC2(CCCCC2)C1. The van der Waals surface area contributed by atoms with Crippen molar-refractivity contribution in [3.8, 4) is 0 Å². The Morgan fingerprint density at radius 1 is 1.19 bits per heavy atom. The summed E-state index contributed by atoms with van der Waals surface area (Å²) in [7, 11) is -3.48. The van der Waals surface area contributed by atoms with Gasteiger partial charge in [0.2, 0.25) is 0 Å². The van der Waals surface area contributed by atoms with Gasteiger partial charge in [-0.3, -0.25) is 0 Å². The molecule has 1 aromatic rings. The minimum atomic E-state index is -3.48. The second-order valence-corrected chi connectivity index (χ2v) is 8.44. The molecule has 21 heavy (non-hydrogen) atoms. The fraction of sp³-hybridized carbons (Fsp3) is 0.625. The standard InChI is InChI=1S/C16H21FO3S/c17-13-5-4-6-14(11-13)21(18,19)15-7-10-20-16(12-15)8-2-1-3-9-16/h4-6,11,15H,1-3,7-10,12H2. The number of ether oxygens (including phenoxy) is 1. The van der Waals surface area contributed by atoms with Gasteiger partial charge in [-0.1, -0.05) is 25.3 Å². The van der Waals surface area contributed by atoms with Gasteiger partial charge in [-0.05, 0) is 43.9 Å². The summed E-state index contributed by atoms with van der Waals surface area (Å²) in [5, 5.41) is -0.453. The minimum absolute atomic E-state index is 0.0976. The first kappa shape index (κ1) is 15.0. The number of halogens is 1. The lowest BCUT2D eigenvalue weighted by Crippen LogP contribution is -2.45. The first-order valence-corrected chi connectivity index (χ1v) is 9.20. The van der Waals surface area contributed by atoms with Crippen molar-refractivity contribution in [2.45, 2.75) is 60.7 Å². The van der Waals surface area contributed by atoms with E-state index in [1.165, 1.54) is 24.6 Å². The molecular weight excluding hydrogens is 291 g/mol. The molecule has 1 saturated carbocycles. The third-order valence-corrected chi connectivity index (χ3v) is 6.97. The highest BCUT2D eigenvalue weighted by Crippen LogP contribution is 2.41. The quantitative estimate of drug-likeness (QED) is 0.839. The average molecular weight is 312 g/mol. The summed E-state index contributed by atoms with van der Waals surface area (Å²) >= 11 is 0. The summed E-state index contributed by atoms with van der Waals surface area (Å²) in [6.07, 6.45) is 6.35. The molecule has 0 amide bonds. The first-order valence-electron chi connectivity index (χ1n) is 7.65. The van der Waals surface area contributed by atoms with Crippen LogP contribution in [-0.4, -0.2) is 25.9 Å². The van der Waals surface area contributed by atoms with Crippen molar-refractivity contribution in [2.75, 3.05) is 6.61 Å². The molecule has 0 bridgehead atoms. The van der Waals surface area contributed by atoms with Crippen molar-refractivity contribution in [1.82, 2.24) is 0 Å². The zero-order chi connectivity index (χ0) is 14.9. The zero-order valence-electron chi connectivity index (χ0n) is 12.1.